The summed E-state index contributed by atoms with van der Waals surface area (Å²) in [6.45, 7) is 0. The molecule has 0 saturated heterocycles. The van der Waals surface area contributed by atoms with E-state index in [1.807, 2.05) is 0 Å². The van der Waals surface area contributed by atoms with Gasteiger partial charge in [-0.2, -0.15) is 0 Å². The van der Waals surface area contributed by atoms with Gasteiger partial charge in [0.05, 0.1) is 48.0 Å². The Morgan fingerprint density at radius 2 is 1.63 bits per heavy atom. The lowest BCUT2D eigenvalue weighted by Crippen LogP contribution is -2.27. The molecule has 2 amide bonds. The number of anilines is 2. The molecule has 0 radical (unpaired) electrons. The summed E-state index contributed by atoms with van der Waals surface area (Å²) in [4.78, 5) is 57.9. The van der Waals surface area contributed by atoms with Gasteiger partial charge in [0.2, 0.25) is 5.78 Å². The Labute approximate surface area is 215 Å². The highest BCUT2D eigenvalue weighted by atomic mass is 16.6. The Balaban J connectivity index is 1.66. The summed E-state index contributed by atoms with van der Waals surface area (Å²) in [7, 11) is 2.94. The highest BCUT2D eigenvalue weighted by Gasteiger charge is 2.24. The van der Waals surface area contributed by atoms with E-state index in [0.29, 0.717) is 22.9 Å². The summed E-state index contributed by atoms with van der Waals surface area (Å²) in [6.07, 6.45) is -0.581. The predicted octanol–water partition coefficient (Wildman–Crippen LogP) is 3.56. The molecule has 0 saturated carbocycles. The molecule has 12 nitrogen and oxygen atoms in total. The van der Waals surface area contributed by atoms with Crippen LogP contribution in [-0.2, 0) is 16.0 Å². The van der Waals surface area contributed by atoms with Crippen molar-refractivity contribution in [3.63, 3.8) is 0 Å². The average Bonchev–Trinajstić information content (AvgIpc) is 2.92. The van der Waals surface area contributed by atoms with Gasteiger partial charge in [0.25, 0.3) is 17.5 Å². The van der Waals surface area contributed by atoms with E-state index in [1.54, 1.807) is 48.5 Å². The van der Waals surface area contributed by atoms with E-state index in [0.717, 1.165) is 0 Å². The number of para-hydroxylation sites is 2. The number of hydrogen-bond donors (Lipinski definition) is 2. The SMILES string of the molecule is COc1ccc(NC(=O)C(=O)Cc2nc3cc([N+](=O)[O-])ccc3nc2C(=O)Nc2ccccc2OC)cc1. The van der Waals surface area contributed by atoms with Crippen LogP contribution < -0.4 is 20.1 Å². The number of nitrogens with one attached hydrogen (secondary N) is 2. The lowest BCUT2D eigenvalue weighted by atomic mass is 10.1. The number of ketones is 1. The fourth-order valence-corrected chi connectivity index (χ4v) is 3.53. The molecule has 1 heterocycles. The number of fused-ring (bicyclic) bond motifs is 1. The number of nitrogens with zero attached hydrogens (tertiary/aromatic N) is 3. The molecule has 0 aliphatic rings. The predicted molar refractivity (Wildman–Crippen MR) is 137 cm³/mol. The fourth-order valence-electron chi connectivity index (χ4n) is 3.53. The van der Waals surface area contributed by atoms with Crippen LogP contribution in [0.25, 0.3) is 11.0 Å². The first-order chi connectivity index (χ1) is 18.3. The zero-order valence-electron chi connectivity index (χ0n) is 20.3. The average molecular weight is 515 g/mol. The van der Waals surface area contributed by atoms with Crippen LogP contribution in [0, 0.1) is 10.1 Å². The third-order valence-electron chi connectivity index (χ3n) is 5.43. The molecule has 0 aliphatic carbocycles. The number of methoxy groups -OCH3 is 2. The van der Waals surface area contributed by atoms with Crippen molar-refractivity contribution in [1.82, 2.24) is 9.97 Å². The molecule has 12 heteroatoms. The molecule has 3 aromatic carbocycles. The molecule has 0 spiro atoms. The van der Waals surface area contributed by atoms with Crippen molar-refractivity contribution < 1.29 is 28.8 Å². The number of hydrogen-bond acceptors (Lipinski definition) is 9. The highest BCUT2D eigenvalue weighted by Crippen LogP contribution is 2.25. The van der Waals surface area contributed by atoms with Gasteiger partial charge < -0.3 is 20.1 Å². The standard InChI is InChI=1S/C26H21N5O7/c1-37-17-10-7-15(8-11-17)27-25(33)22(32)14-21-24(26(34)30-19-5-3-4-6-23(19)38-2)29-18-12-9-16(31(35)36)13-20(18)28-21/h3-13H,14H2,1-2H3,(H,27,33)(H,30,34). The Morgan fingerprint density at radius 1 is 0.895 bits per heavy atom. The maximum atomic E-state index is 13.2. The maximum Gasteiger partial charge on any atom is 0.292 e. The summed E-state index contributed by atoms with van der Waals surface area (Å²) in [5, 5.41) is 16.4. The number of non-ortho nitro benzene ring substituents is 1. The number of amides is 2. The van der Waals surface area contributed by atoms with Gasteiger partial charge in [-0.1, -0.05) is 12.1 Å². The van der Waals surface area contributed by atoms with Crippen LogP contribution in [0.5, 0.6) is 11.5 Å². The number of Topliss-reactive ketones (excluding diaryl/α,β-unsaturated/α-hetero) is 1. The number of carbonyl (C=O) groups is 3. The smallest absolute Gasteiger partial charge is 0.292 e. The van der Waals surface area contributed by atoms with Crippen LogP contribution >= 0.6 is 0 Å². The van der Waals surface area contributed by atoms with Crippen molar-refractivity contribution in [3.05, 3.63) is 88.2 Å². The van der Waals surface area contributed by atoms with E-state index in [9.17, 15) is 24.5 Å². The van der Waals surface area contributed by atoms with Gasteiger partial charge in [-0.05, 0) is 42.5 Å². The van der Waals surface area contributed by atoms with Crippen molar-refractivity contribution in [2.24, 2.45) is 0 Å². The van der Waals surface area contributed by atoms with Gasteiger partial charge in [0, 0.05) is 17.8 Å². The molecule has 0 fully saturated rings. The second-order valence-corrected chi connectivity index (χ2v) is 7.89. The molecule has 4 rings (SSSR count). The Hall–Kier alpha value is -5.39. The van der Waals surface area contributed by atoms with Crippen LogP contribution in [0.15, 0.2) is 66.7 Å². The quantitative estimate of drug-likeness (QED) is 0.193. The molecule has 0 unspecified atom stereocenters. The van der Waals surface area contributed by atoms with Crippen LogP contribution in [0.2, 0.25) is 0 Å². The third kappa shape index (κ3) is 5.70. The van der Waals surface area contributed by atoms with Crippen molar-refractivity contribution in [2.75, 3.05) is 24.9 Å². The zero-order valence-corrected chi connectivity index (χ0v) is 20.3. The third-order valence-corrected chi connectivity index (χ3v) is 5.43. The minimum Gasteiger partial charge on any atom is -0.497 e. The fraction of sp³-hybridized carbons (Fsp3) is 0.115. The molecule has 0 aliphatic heterocycles. The van der Waals surface area contributed by atoms with E-state index in [2.05, 4.69) is 20.6 Å². The number of rotatable bonds is 9. The number of benzene rings is 3. The second kappa shape index (κ2) is 11.1. The highest BCUT2D eigenvalue weighted by molar-refractivity contribution is 6.41. The summed E-state index contributed by atoms with van der Waals surface area (Å²) in [6, 6.07) is 16.8. The Morgan fingerprint density at radius 3 is 2.32 bits per heavy atom. The van der Waals surface area contributed by atoms with Gasteiger partial charge in [-0.3, -0.25) is 24.5 Å². The van der Waals surface area contributed by atoms with Gasteiger partial charge in [0.1, 0.15) is 11.5 Å². The first-order valence-electron chi connectivity index (χ1n) is 11.2. The molecule has 2 N–H and O–H groups in total. The lowest BCUT2D eigenvalue weighted by molar-refractivity contribution is -0.384. The molecular weight excluding hydrogens is 494 g/mol. The van der Waals surface area contributed by atoms with Gasteiger partial charge in [-0.25, -0.2) is 9.97 Å². The number of carbonyl (C=O) groups excluding carboxylic acids is 3. The van der Waals surface area contributed by atoms with Crippen LogP contribution in [0.1, 0.15) is 16.2 Å². The Kier molecular flexibility index (Phi) is 7.52. The van der Waals surface area contributed by atoms with E-state index in [4.69, 9.17) is 9.47 Å². The number of ether oxygens (including phenoxy) is 2. The van der Waals surface area contributed by atoms with Crippen LogP contribution in [0.3, 0.4) is 0 Å². The first kappa shape index (κ1) is 25.7. The first-order valence-corrected chi connectivity index (χ1v) is 11.2. The number of nitro benzene ring substituents is 1. The molecule has 0 atom stereocenters. The number of aromatic nitrogens is 2. The largest absolute Gasteiger partial charge is 0.497 e. The van der Waals surface area contributed by atoms with Crippen molar-refractivity contribution in [2.45, 2.75) is 6.42 Å². The minimum atomic E-state index is -0.938. The van der Waals surface area contributed by atoms with E-state index < -0.39 is 28.9 Å². The van der Waals surface area contributed by atoms with Gasteiger partial charge in [-0.15, -0.1) is 0 Å². The van der Waals surface area contributed by atoms with E-state index in [1.165, 1.54) is 32.4 Å². The van der Waals surface area contributed by atoms with Crippen molar-refractivity contribution >= 4 is 45.7 Å². The monoisotopic (exact) mass is 515 g/mol. The van der Waals surface area contributed by atoms with Gasteiger partial charge in [0.15, 0.2) is 5.69 Å². The second-order valence-electron chi connectivity index (χ2n) is 7.89. The Bertz CT molecular complexity index is 1550. The molecule has 0 bridgehead atoms. The summed E-state index contributed by atoms with van der Waals surface area (Å²) in [5.41, 5.74) is 0.403. The number of nitro groups is 1. The molecular formula is C26H21N5O7. The summed E-state index contributed by atoms with van der Waals surface area (Å²) >= 11 is 0. The zero-order chi connectivity index (χ0) is 27.2. The van der Waals surface area contributed by atoms with E-state index in [-0.39, 0.29) is 28.1 Å². The summed E-state index contributed by atoms with van der Waals surface area (Å²) in [5.74, 6) is -1.58. The van der Waals surface area contributed by atoms with E-state index >= 15 is 0 Å². The minimum absolute atomic E-state index is 0.0893. The summed E-state index contributed by atoms with van der Waals surface area (Å²) < 4.78 is 10.3. The van der Waals surface area contributed by atoms with Gasteiger partial charge >= 0.3 is 0 Å². The van der Waals surface area contributed by atoms with Crippen molar-refractivity contribution in [1.29, 1.82) is 0 Å². The normalized spacial score (nSPS) is 10.5. The van der Waals surface area contributed by atoms with Crippen molar-refractivity contribution in [3.8, 4) is 11.5 Å². The lowest BCUT2D eigenvalue weighted by Gasteiger charge is -2.12. The molecule has 1 aromatic heterocycles. The maximum absolute atomic E-state index is 13.2. The topological polar surface area (TPSA) is 163 Å². The molecule has 4 aromatic rings. The molecule has 38 heavy (non-hydrogen) atoms. The van der Waals surface area contributed by atoms with Crippen LogP contribution in [-0.4, -0.2) is 46.7 Å². The molecule has 192 valence electrons. The van der Waals surface area contributed by atoms with Crippen LogP contribution in [0.4, 0.5) is 17.1 Å².